The van der Waals surface area contributed by atoms with Crippen LogP contribution in [0.5, 0.6) is 11.5 Å². The number of hydrogen-bond acceptors (Lipinski definition) is 4. The van der Waals surface area contributed by atoms with Crippen LogP contribution < -0.4 is 9.47 Å². The largest absolute Gasteiger partial charge is 0.493 e. The highest BCUT2D eigenvalue weighted by molar-refractivity contribution is 5.97. The lowest BCUT2D eigenvalue weighted by atomic mass is 10.0. The maximum absolute atomic E-state index is 13.0. The van der Waals surface area contributed by atoms with E-state index in [0.29, 0.717) is 23.5 Å². The molecule has 2 aromatic carbocycles. The van der Waals surface area contributed by atoms with Crippen LogP contribution in [0.1, 0.15) is 21.5 Å². The number of rotatable bonds is 9. The second-order valence-corrected chi connectivity index (χ2v) is 6.32. The zero-order valence-electron chi connectivity index (χ0n) is 16.3. The average Bonchev–Trinajstić information content (AvgIpc) is 2.71. The summed E-state index contributed by atoms with van der Waals surface area (Å²) < 4.78 is 10.7. The molecule has 148 valence electrons. The fourth-order valence-electron chi connectivity index (χ4n) is 3.05. The van der Waals surface area contributed by atoms with E-state index in [1.165, 1.54) is 26.2 Å². The highest BCUT2D eigenvalue weighted by Crippen LogP contribution is 2.33. The number of aliphatic carboxylic acids is 1. The van der Waals surface area contributed by atoms with Gasteiger partial charge in [-0.3, -0.25) is 4.79 Å². The van der Waals surface area contributed by atoms with E-state index in [2.05, 4.69) is 6.58 Å². The van der Waals surface area contributed by atoms with Gasteiger partial charge in [-0.1, -0.05) is 36.4 Å². The van der Waals surface area contributed by atoms with Crippen molar-refractivity contribution in [3.8, 4) is 11.5 Å². The Labute approximate surface area is 165 Å². The number of carbonyl (C=O) groups is 2. The van der Waals surface area contributed by atoms with E-state index in [0.717, 1.165) is 11.1 Å². The molecule has 0 aliphatic rings. The molecule has 2 rings (SSSR count). The first-order valence-electron chi connectivity index (χ1n) is 8.82. The SMILES string of the molecule is C=CCc1cc(C(=O)N(C)C(Cc2ccccc2)C(=O)O)cc(OC)c1OC. The first-order valence-corrected chi connectivity index (χ1v) is 8.82. The minimum absolute atomic E-state index is 0.214. The summed E-state index contributed by atoms with van der Waals surface area (Å²) in [6.07, 6.45) is 2.40. The van der Waals surface area contributed by atoms with Crippen molar-refractivity contribution in [2.75, 3.05) is 21.3 Å². The Hall–Kier alpha value is -3.28. The van der Waals surface area contributed by atoms with Gasteiger partial charge in [0.15, 0.2) is 11.5 Å². The Balaban J connectivity index is 2.37. The van der Waals surface area contributed by atoms with Gasteiger partial charge < -0.3 is 19.5 Å². The van der Waals surface area contributed by atoms with Crippen LogP contribution in [0.2, 0.25) is 0 Å². The van der Waals surface area contributed by atoms with E-state index < -0.39 is 17.9 Å². The minimum atomic E-state index is -1.06. The molecule has 28 heavy (non-hydrogen) atoms. The van der Waals surface area contributed by atoms with Crippen LogP contribution in [0, 0.1) is 0 Å². The Morgan fingerprint density at radius 3 is 2.39 bits per heavy atom. The standard InChI is InChI=1S/C22H25NO5/c1-5-9-16-13-17(14-19(27-3)20(16)28-4)21(24)23(2)18(22(25)26)12-15-10-7-6-8-11-15/h5-8,10-11,13-14,18H,1,9,12H2,2-4H3,(H,25,26). The lowest BCUT2D eigenvalue weighted by Crippen LogP contribution is -2.43. The third-order valence-corrected chi connectivity index (χ3v) is 4.51. The second kappa shape index (κ2) is 9.60. The third-order valence-electron chi connectivity index (χ3n) is 4.51. The molecule has 6 nitrogen and oxygen atoms in total. The second-order valence-electron chi connectivity index (χ2n) is 6.32. The van der Waals surface area contributed by atoms with E-state index in [9.17, 15) is 14.7 Å². The number of benzene rings is 2. The average molecular weight is 383 g/mol. The lowest BCUT2D eigenvalue weighted by Gasteiger charge is -2.26. The molecule has 1 N–H and O–H groups in total. The van der Waals surface area contributed by atoms with Gasteiger partial charge in [0, 0.05) is 24.6 Å². The summed E-state index contributed by atoms with van der Waals surface area (Å²) in [5.74, 6) is -0.532. The van der Waals surface area contributed by atoms with Gasteiger partial charge in [-0.15, -0.1) is 6.58 Å². The molecule has 2 aromatic rings. The first kappa shape index (κ1) is 21.0. The molecule has 1 atom stereocenters. The fraction of sp³-hybridized carbons (Fsp3) is 0.273. The minimum Gasteiger partial charge on any atom is -0.493 e. The van der Waals surface area contributed by atoms with E-state index in [4.69, 9.17) is 9.47 Å². The van der Waals surface area contributed by atoms with Crippen molar-refractivity contribution in [3.63, 3.8) is 0 Å². The summed E-state index contributed by atoms with van der Waals surface area (Å²) in [5.41, 5.74) is 1.91. The van der Waals surface area contributed by atoms with Crippen LogP contribution in [-0.4, -0.2) is 49.2 Å². The molecule has 1 amide bonds. The summed E-state index contributed by atoms with van der Waals surface area (Å²) >= 11 is 0. The van der Waals surface area contributed by atoms with Crippen LogP contribution in [0.15, 0.2) is 55.1 Å². The molecule has 0 heterocycles. The monoisotopic (exact) mass is 383 g/mol. The van der Waals surface area contributed by atoms with Crippen LogP contribution in [0.4, 0.5) is 0 Å². The van der Waals surface area contributed by atoms with Crippen molar-refractivity contribution in [2.24, 2.45) is 0 Å². The molecule has 0 aliphatic carbocycles. The Bertz CT molecular complexity index is 848. The fourth-order valence-corrected chi connectivity index (χ4v) is 3.05. The van der Waals surface area contributed by atoms with E-state index in [1.54, 1.807) is 18.2 Å². The number of methoxy groups -OCH3 is 2. The number of carboxylic acids is 1. The Morgan fingerprint density at radius 1 is 1.18 bits per heavy atom. The van der Waals surface area contributed by atoms with Gasteiger partial charge in [0.05, 0.1) is 14.2 Å². The predicted molar refractivity (Wildman–Crippen MR) is 107 cm³/mol. The highest BCUT2D eigenvalue weighted by atomic mass is 16.5. The van der Waals surface area contributed by atoms with Gasteiger partial charge in [0.1, 0.15) is 6.04 Å². The van der Waals surface area contributed by atoms with Gasteiger partial charge in [-0.25, -0.2) is 4.79 Å². The number of likely N-dealkylation sites (N-methyl/N-ethyl adjacent to an activating group) is 1. The maximum atomic E-state index is 13.0. The summed E-state index contributed by atoms with van der Waals surface area (Å²) in [7, 11) is 4.51. The molecular formula is C22H25NO5. The van der Waals surface area contributed by atoms with Crippen molar-refractivity contribution in [1.82, 2.24) is 4.90 Å². The zero-order valence-corrected chi connectivity index (χ0v) is 16.3. The van der Waals surface area contributed by atoms with Crippen molar-refractivity contribution in [2.45, 2.75) is 18.9 Å². The molecule has 0 bridgehead atoms. The van der Waals surface area contributed by atoms with Crippen molar-refractivity contribution >= 4 is 11.9 Å². The molecule has 0 aromatic heterocycles. The summed E-state index contributed by atoms with van der Waals surface area (Å²) in [5, 5.41) is 9.67. The van der Waals surface area contributed by atoms with Crippen molar-refractivity contribution < 1.29 is 24.2 Å². The Kier molecular flexibility index (Phi) is 7.21. The quantitative estimate of drug-likeness (QED) is 0.673. The number of carbonyl (C=O) groups excluding carboxylic acids is 1. The molecule has 0 aliphatic heterocycles. The van der Waals surface area contributed by atoms with Crippen LogP contribution >= 0.6 is 0 Å². The lowest BCUT2D eigenvalue weighted by molar-refractivity contribution is -0.141. The predicted octanol–water partition coefficient (Wildman–Crippen LogP) is 3.20. The van der Waals surface area contributed by atoms with Gasteiger partial charge in [-0.05, 0) is 24.1 Å². The maximum Gasteiger partial charge on any atom is 0.326 e. The van der Waals surface area contributed by atoms with Gasteiger partial charge >= 0.3 is 5.97 Å². The number of nitrogens with zero attached hydrogens (tertiary/aromatic N) is 1. The molecule has 1 unspecified atom stereocenters. The van der Waals surface area contributed by atoms with Gasteiger partial charge in [-0.2, -0.15) is 0 Å². The molecule has 0 saturated carbocycles. The summed E-state index contributed by atoms with van der Waals surface area (Å²) in [6, 6.07) is 11.5. The smallest absolute Gasteiger partial charge is 0.326 e. The van der Waals surface area contributed by atoms with Crippen molar-refractivity contribution in [1.29, 1.82) is 0 Å². The van der Waals surface area contributed by atoms with Crippen LogP contribution in [-0.2, 0) is 17.6 Å². The normalized spacial score (nSPS) is 11.4. The van der Waals surface area contributed by atoms with Crippen molar-refractivity contribution in [3.05, 3.63) is 71.8 Å². The van der Waals surface area contributed by atoms with Gasteiger partial charge in [0.25, 0.3) is 5.91 Å². The first-order chi connectivity index (χ1) is 13.4. The molecular weight excluding hydrogens is 358 g/mol. The molecule has 0 radical (unpaired) electrons. The van der Waals surface area contributed by atoms with Crippen LogP contribution in [0.3, 0.4) is 0 Å². The summed E-state index contributed by atoms with van der Waals surface area (Å²) in [6.45, 7) is 3.73. The number of allylic oxidation sites excluding steroid dienone is 1. The number of hydrogen-bond donors (Lipinski definition) is 1. The molecule has 0 fully saturated rings. The Morgan fingerprint density at radius 2 is 1.86 bits per heavy atom. The topological polar surface area (TPSA) is 76.1 Å². The molecule has 0 saturated heterocycles. The van der Waals surface area contributed by atoms with Gasteiger partial charge in [0.2, 0.25) is 0 Å². The highest BCUT2D eigenvalue weighted by Gasteiger charge is 2.28. The number of amides is 1. The van der Waals surface area contributed by atoms with Crippen LogP contribution in [0.25, 0.3) is 0 Å². The molecule has 0 spiro atoms. The zero-order chi connectivity index (χ0) is 20.7. The number of ether oxygens (including phenoxy) is 2. The van der Waals surface area contributed by atoms with E-state index >= 15 is 0 Å². The number of carboxylic acid groups (broad SMARTS) is 1. The molecule has 6 heteroatoms. The summed E-state index contributed by atoms with van der Waals surface area (Å²) in [4.78, 5) is 26.1. The van der Waals surface area contributed by atoms with E-state index in [1.807, 2.05) is 30.3 Å². The third kappa shape index (κ3) is 4.71. The van der Waals surface area contributed by atoms with E-state index in [-0.39, 0.29) is 6.42 Å².